The van der Waals surface area contributed by atoms with Gasteiger partial charge in [0, 0.05) is 17.7 Å². The molecule has 1 aliphatic rings. The summed E-state index contributed by atoms with van der Waals surface area (Å²) in [7, 11) is 0. The van der Waals surface area contributed by atoms with Gasteiger partial charge in [-0.05, 0) is 29.3 Å². The van der Waals surface area contributed by atoms with Gasteiger partial charge in [-0.3, -0.25) is 4.79 Å². The SMILES string of the molecule is O=C1OCc2cc(NC(=O)C(O)(Cc3ccccc3)c3ccccc3)ccc21. The van der Waals surface area contributed by atoms with Gasteiger partial charge in [-0.25, -0.2) is 4.79 Å². The van der Waals surface area contributed by atoms with E-state index < -0.39 is 11.5 Å². The van der Waals surface area contributed by atoms with E-state index in [2.05, 4.69) is 5.32 Å². The molecule has 0 aliphatic carbocycles. The molecule has 3 aromatic rings. The molecular formula is C23H19NO4. The van der Waals surface area contributed by atoms with Crippen LogP contribution in [-0.4, -0.2) is 17.0 Å². The van der Waals surface area contributed by atoms with Gasteiger partial charge in [0.1, 0.15) is 6.61 Å². The van der Waals surface area contributed by atoms with Crippen molar-refractivity contribution in [2.75, 3.05) is 5.32 Å². The lowest BCUT2D eigenvalue weighted by molar-refractivity contribution is -0.135. The van der Waals surface area contributed by atoms with Crippen LogP contribution in [0.2, 0.25) is 0 Å². The van der Waals surface area contributed by atoms with E-state index in [0.717, 1.165) is 5.56 Å². The number of benzene rings is 3. The van der Waals surface area contributed by atoms with E-state index in [9.17, 15) is 14.7 Å². The summed E-state index contributed by atoms with van der Waals surface area (Å²) in [6, 6.07) is 23.2. The minimum absolute atomic E-state index is 0.135. The van der Waals surface area contributed by atoms with Crippen LogP contribution < -0.4 is 5.32 Å². The standard InChI is InChI=1S/C23H19NO4/c25-21-20-12-11-19(13-17(20)15-28-21)24-22(26)23(27,18-9-5-2-6-10-18)14-16-7-3-1-4-8-16/h1-13,27H,14-15H2,(H,24,26). The van der Waals surface area contributed by atoms with Gasteiger partial charge in [0.2, 0.25) is 0 Å². The minimum Gasteiger partial charge on any atom is -0.457 e. The number of carbonyl (C=O) groups is 2. The van der Waals surface area contributed by atoms with E-state index in [4.69, 9.17) is 4.74 Å². The third-order valence-corrected chi connectivity index (χ3v) is 4.87. The topological polar surface area (TPSA) is 75.6 Å². The lowest BCUT2D eigenvalue weighted by atomic mass is 9.86. The summed E-state index contributed by atoms with van der Waals surface area (Å²) in [5, 5.41) is 14.2. The van der Waals surface area contributed by atoms with Gasteiger partial charge in [0.25, 0.3) is 5.91 Å². The van der Waals surface area contributed by atoms with Crippen LogP contribution in [0.5, 0.6) is 0 Å². The molecule has 3 aromatic carbocycles. The van der Waals surface area contributed by atoms with Crippen molar-refractivity contribution in [2.45, 2.75) is 18.6 Å². The fourth-order valence-corrected chi connectivity index (χ4v) is 3.36. The van der Waals surface area contributed by atoms with Crippen molar-refractivity contribution in [3.05, 3.63) is 101 Å². The second-order valence-corrected chi connectivity index (χ2v) is 6.79. The van der Waals surface area contributed by atoms with Crippen LogP contribution in [0.4, 0.5) is 5.69 Å². The van der Waals surface area contributed by atoms with Crippen LogP contribution in [0.15, 0.2) is 78.9 Å². The van der Waals surface area contributed by atoms with Gasteiger partial charge in [0.15, 0.2) is 5.60 Å². The van der Waals surface area contributed by atoms with Crippen LogP contribution in [0.25, 0.3) is 0 Å². The number of rotatable bonds is 5. The van der Waals surface area contributed by atoms with Crippen molar-refractivity contribution in [1.82, 2.24) is 0 Å². The highest BCUT2D eigenvalue weighted by Crippen LogP contribution is 2.29. The van der Waals surface area contributed by atoms with Crippen LogP contribution in [0, 0.1) is 0 Å². The molecular weight excluding hydrogens is 354 g/mol. The number of nitrogens with one attached hydrogen (secondary N) is 1. The Hall–Kier alpha value is -3.44. The molecule has 0 spiro atoms. The maximum atomic E-state index is 13.1. The van der Waals surface area contributed by atoms with E-state index in [1.807, 2.05) is 36.4 Å². The number of cyclic esters (lactones) is 1. The van der Waals surface area contributed by atoms with E-state index in [1.165, 1.54) is 0 Å². The van der Waals surface area contributed by atoms with Gasteiger partial charge in [0.05, 0.1) is 5.56 Å². The smallest absolute Gasteiger partial charge is 0.338 e. The van der Waals surface area contributed by atoms with Crippen molar-refractivity contribution in [2.24, 2.45) is 0 Å². The Kier molecular flexibility index (Phi) is 4.67. The Morgan fingerprint density at radius 2 is 1.68 bits per heavy atom. The molecule has 1 atom stereocenters. The first-order chi connectivity index (χ1) is 13.6. The fourth-order valence-electron chi connectivity index (χ4n) is 3.36. The van der Waals surface area contributed by atoms with E-state index in [1.54, 1.807) is 42.5 Å². The maximum absolute atomic E-state index is 13.1. The summed E-state index contributed by atoms with van der Waals surface area (Å²) in [6.45, 7) is 0.185. The molecule has 1 aliphatic heterocycles. The molecule has 0 saturated heterocycles. The normalized spacial score (nSPS) is 14.7. The average molecular weight is 373 g/mol. The monoisotopic (exact) mass is 373 g/mol. The van der Waals surface area contributed by atoms with Crippen LogP contribution >= 0.6 is 0 Å². The van der Waals surface area contributed by atoms with Crippen molar-refractivity contribution in [1.29, 1.82) is 0 Å². The van der Waals surface area contributed by atoms with Gasteiger partial charge in [-0.1, -0.05) is 60.7 Å². The summed E-state index contributed by atoms with van der Waals surface area (Å²) in [5.74, 6) is -0.898. The zero-order valence-corrected chi connectivity index (χ0v) is 15.1. The first kappa shape index (κ1) is 17.9. The molecule has 2 N–H and O–H groups in total. The largest absolute Gasteiger partial charge is 0.457 e. The molecule has 1 unspecified atom stereocenters. The van der Waals surface area contributed by atoms with Crippen LogP contribution in [0.1, 0.15) is 27.0 Å². The molecule has 1 heterocycles. The predicted molar refractivity (Wildman–Crippen MR) is 105 cm³/mol. The number of anilines is 1. The number of ether oxygens (including phenoxy) is 1. The number of fused-ring (bicyclic) bond motifs is 1. The van der Waals surface area contributed by atoms with E-state index in [0.29, 0.717) is 22.4 Å². The van der Waals surface area contributed by atoms with Gasteiger partial charge < -0.3 is 15.2 Å². The number of amides is 1. The Bertz CT molecular complexity index is 1020. The summed E-state index contributed by atoms with van der Waals surface area (Å²) < 4.78 is 5.00. The Morgan fingerprint density at radius 1 is 1.00 bits per heavy atom. The highest BCUT2D eigenvalue weighted by molar-refractivity contribution is 5.99. The van der Waals surface area contributed by atoms with Crippen molar-refractivity contribution >= 4 is 17.6 Å². The zero-order chi connectivity index (χ0) is 19.6. The summed E-state index contributed by atoms with van der Waals surface area (Å²) in [6.07, 6.45) is 0.135. The average Bonchev–Trinajstić information content (AvgIpc) is 3.09. The molecule has 1 amide bonds. The van der Waals surface area contributed by atoms with Crippen LogP contribution in [-0.2, 0) is 28.2 Å². The maximum Gasteiger partial charge on any atom is 0.338 e. The molecule has 0 radical (unpaired) electrons. The first-order valence-corrected chi connectivity index (χ1v) is 8.99. The molecule has 140 valence electrons. The number of aliphatic hydroxyl groups is 1. The first-order valence-electron chi connectivity index (χ1n) is 8.99. The molecule has 0 aromatic heterocycles. The van der Waals surface area contributed by atoms with Gasteiger partial charge in [-0.2, -0.15) is 0 Å². The Balaban J connectivity index is 1.65. The summed E-state index contributed by atoms with van der Waals surface area (Å²) >= 11 is 0. The van der Waals surface area contributed by atoms with Crippen molar-refractivity contribution in [3.8, 4) is 0 Å². The number of esters is 1. The molecule has 5 nitrogen and oxygen atoms in total. The molecule has 0 bridgehead atoms. The van der Waals surface area contributed by atoms with Crippen molar-refractivity contribution in [3.63, 3.8) is 0 Å². The second kappa shape index (κ2) is 7.29. The van der Waals surface area contributed by atoms with Gasteiger partial charge in [-0.15, -0.1) is 0 Å². The number of hydrogen-bond donors (Lipinski definition) is 2. The molecule has 0 saturated carbocycles. The third kappa shape index (κ3) is 3.40. The molecule has 0 fully saturated rings. The molecule has 28 heavy (non-hydrogen) atoms. The van der Waals surface area contributed by atoms with Crippen molar-refractivity contribution < 1.29 is 19.4 Å². The zero-order valence-electron chi connectivity index (χ0n) is 15.1. The van der Waals surface area contributed by atoms with E-state index in [-0.39, 0.29) is 19.0 Å². The molecule has 4 rings (SSSR count). The molecule has 5 heteroatoms. The number of hydrogen-bond acceptors (Lipinski definition) is 4. The van der Waals surface area contributed by atoms with Gasteiger partial charge >= 0.3 is 5.97 Å². The Morgan fingerprint density at radius 3 is 2.39 bits per heavy atom. The number of carbonyl (C=O) groups excluding carboxylic acids is 2. The fraction of sp³-hybridized carbons (Fsp3) is 0.130. The van der Waals surface area contributed by atoms with Crippen LogP contribution in [0.3, 0.4) is 0 Å². The quantitative estimate of drug-likeness (QED) is 0.672. The predicted octanol–water partition coefficient (Wildman–Crippen LogP) is 3.43. The summed E-state index contributed by atoms with van der Waals surface area (Å²) in [5.41, 5.74) is 1.33. The highest BCUT2D eigenvalue weighted by Gasteiger charge is 2.38. The summed E-state index contributed by atoms with van der Waals surface area (Å²) in [4.78, 5) is 24.7. The third-order valence-electron chi connectivity index (χ3n) is 4.87. The highest BCUT2D eigenvalue weighted by atomic mass is 16.5. The lowest BCUT2D eigenvalue weighted by Gasteiger charge is -2.28. The lowest BCUT2D eigenvalue weighted by Crippen LogP contribution is -2.42. The Labute approximate surface area is 162 Å². The minimum atomic E-state index is -1.74. The van der Waals surface area contributed by atoms with E-state index >= 15 is 0 Å². The second-order valence-electron chi connectivity index (χ2n) is 6.79.